The number of carboxylic acid groups (broad SMARTS) is 3. The van der Waals surface area contributed by atoms with Gasteiger partial charge in [0.15, 0.2) is 5.96 Å². The maximum Gasteiger partial charge on any atom is 0.322 e. The SMILES string of the molecule is C/C(=N/O)C(C)(C)NCCN(CCNC(=O)CCC(=O)NCCCC[C@@H]1NC(=O)CSC[C@@H](C(=O)N[C@@H](CCCNC(=N)N)C(=O)NCC(=O)N[C@@H](CC(=O)O)C(=O)N[C@H]2CSSC[C@@H](C(=O)NCC(=O)NCC(=O)O)NC(=O)[C@H](Cc3ccccc3)NC2=O)NC(=O)[C@H](CC(=O)O)NC1=O)CCNC(C)(C)/C(C)=N\O. The molecule has 0 aromatic heterocycles. The number of carboxylic acids is 3. The molecule has 0 radical (unpaired) electrons. The molecule has 3 rings (SSSR count). The van der Waals surface area contributed by atoms with Crippen LogP contribution in [0.4, 0.5) is 0 Å². The first-order chi connectivity index (χ1) is 52.4. The lowest BCUT2D eigenvalue weighted by Gasteiger charge is -2.30. The molecule has 1 aromatic carbocycles. The quantitative estimate of drug-likeness (QED) is 0.00722. The zero-order valence-electron chi connectivity index (χ0n) is 62.6. The number of oxime groups is 2. The van der Waals surface area contributed by atoms with Gasteiger partial charge in [0.25, 0.3) is 0 Å². The van der Waals surface area contributed by atoms with E-state index in [9.17, 15) is 97.3 Å². The Hall–Kier alpha value is -10.1. The third-order valence-electron chi connectivity index (χ3n) is 17.2. The van der Waals surface area contributed by atoms with Crippen LogP contribution < -0.4 is 90.8 Å². The number of carbonyl (C=O) groups excluding carboxylic acids is 13. The monoisotopic (exact) mass is 1620 g/mol. The second-order valence-electron chi connectivity index (χ2n) is 26.7. The molecule has 2 heterocycles. The van der Waals surface area contributed by atoms with Gasteiger partial charge in [-0.05, 0) is 79.2 Å². The fourth-order valence-electron chi connectivity index (χ4n) is 10.2. The van der Waals surface area contributed by atoms with E-state index in [2.05, 4.69) is 100 Å². The van der Waals surface area contributed by atoms with Crippen molar-refractivity contribution in [3.63, 3.8) is 0 Å². The molecule has 111 heavy (non-hydrogen) atoms. The summed E-state index contributed by atoms with van der Waals surface area (Å²) >= 11 is 0.807. The highest BCUT2D eigenvalue weighted by atomic mass is 33.1. The zero-order chi connectivity index (χ0) is 82.8. The summed E-state index contributed by atoms with van der Waals surface area (Å²) in [7, 11) is 1.89. The number of guanidine groups is 1. The van der Waals surface area contributed by atoms with Crippen molar-refractivity contribution >= 4 is 145 Å². The van der Waals surface area contributed by atoms with E-state index in [4.69, 9.17) is 16.2 Å². The van der Waals surface area contributed by atoms with Crippen molar-refractivity contribution in [1.29, 1.82) is 5.41 Å². The van der Waals surface area contributed by atoms with E-state index in [1.807, 2.05) is 27.7 Å². The highest BCUT2D eigenvalue weighted by Gasteiger charge is 2.37. The first kappa shape index (κ1) is 95.1. The molecular weight excluding hydrogens is 1520 g/mol. The number of amides is 13. The minimum Gasteiger partial charge on any atom is -0.481 e. The zero-order valence-corrected chi connectivity index (χ0v) is 65.0. The van der Waals surface area contributed by atoms with Crippen molar-refractivity contribution in [1.82, 2.24) is 90.0 Å². The van der Waals surface area contributed by atoms with Crippen LogP contribution in [0.3, 0.4) is 0 Å². The number of rotatable bonds is 44. The lowest BCUT2D eigenvalue weighted by atomic mass is 9.99. The van der Waals surface area contributed by atoms with Gasteiger partial charge in [0.2, 0.25) is 76.8 Å². The van der Waals surface area contributed by atoms with Crippen LogP contribution in [0.2, 0.25) is 0 Å². The minimum atomic E-state index is -1.93. The topological polar surface area (TPSA) is 645 Å². The van der Waals surface area contributed by atoms with Gasteiger partial charge in [-0.25, -0.2) is 0 Å². The van der Waals surface area contributed by atoms with E-state index in [0.717, 1.165) is 33.3 Å². The van der Waals surface area contributed by atoms with Gasteiger partial charge in [0, 0.05) is 88.9 Å². The van der Waals surface area contributed by atoms with Gasteiger partial charge in [0.05, 0.1) is 54.2 Å². The number of hydrogen-bond donors (Lipinski definition) is 23. The highest BCUT2D eigenvalue weighted by Crippen LogP contribution is 2.24. The molecule has 24 N–H and O–H groups in total. The molecule has 0 bridgehead atoms. The van der Waals surface area contributed by atoms with Crippen LogP contribution in [0.15, 0.2) is 40.6 Å². The first-order valence-corrected chi connectivity index (χ1v) is 39.0. The second-order valence-corrected chi connectivity index (χ2v) is 30.3. The van der Waals surface area contributed by atoms with Crippen molar-refractivity contribution in [2.45, 2.75) is 165 Å². The summed E-state index contributed by atoms with van der Waals surface area (Å²) in [5.74, 6) is -17.9. The molecule has 2 aliphatic rings. The van der Waals surface area contributed by atoms with Gasteiger partial charge in [-0.2, -0.15) is 0 Å². The predicted octanol–water partition coefficient (Wildman–Crippen LogP) is -6.18. The van der Waals surface area contributed by atoms with E-state index in [-0.39, 0.29) is 94.2 Å². The normalized spacial score (nSPS) is 18.9. The van der Waals surface area contributed by atoms with E-state index < -0.39 is 192 Å². The summed E-state index contributed by atoms with van der Waals surface area (Å²) in [6.45, 7) is 11.4. The highest BCUT2D eigenvalue weighted by molar-refractivity contribution is 8.76. The summed E-state index contributed by atoms with van der Waals surface area (Å²) in [6.07, 6.45) is -2.33. The van der Waals surface area contributed by atoms with Crippen molar-refractivity contribution < 1.29 is 102 Å². The molecular formula is C66H105N21O21S3. The van der Waals surface area contributed by atoms with E-state index in [1.54, 1.807) is 44.2 Å². The smallest absolute Gasteiger partial charge is 0.322 e. The van der Waals surface area contributed by atoms with Crippen LogP contribution in [-0.4, -0.2) is 297 Å². The van der Waals surface area contributed by atoms with Crippen molar-refractivity contribution in [2.75, 3.05) is 95.0 Å². The Morgan fingerprint density at radius 3 is 1.72 bits per heavy atom. The van der Waals surface area contributed by atoms with Crippen LogP contribution in [0.1, 0.15) is 105 Å². The number of carbonyl (C=O) groups is 16. The Morgan fingerprint density at radius 2 is 1.13 bits per heavy atom. The molecule has 8 atom stereocenters. The molecule has 42 nitrogen and oxygen atoms in total. The number of benzene rings is 1. The van der Waals surface area contributed by atoms with Gasteiger partial charge in [0.1, 0.15) is 54.9 Å². The van der Waals surface area contributed by atoms with Crippen LogP contribution in [-0.2, 0) is 83.1 Å². The Bertz CT molecular complexity index is 3430. The number of aliphatic carboxylic acids is 3. The fourth-order valence-corrected chi connectivity index (χ4v) is 13.4. The van der Waals surface area contributed by atoms with Crippen LogP contribution in [0.5, 0.6) is 0 Å². The van der Waals surface area contributed by atoms with Gasteiger partial charge < -0.3 is 117 Å². The predicted molar refractivity (Wildman–Crippen MR) is 408 cm³/mol. The van der Waals surface area contributed by atoms with Crippen LogP contribution >= 0.6 is 33.3 Å². The maximum absolute atomic E-state index is 14.2. The molecule has 2 saturated heterocycles. The molecule has 0 unspecified atom stereocenters. The molecule has 45 heteroatoms. The second kappa shape index (κ2) is 49.9. The largest absolute Gasteiger partial charge is 0.481 e. The third-order valence-corrected chi connectivity index (χ3v) is 20.6. The Kier molecular flexibility index (Phi) is 42.8. The molecule has 0 aliphatic carbocycles. The standard InChI is InChI=1S/C66H105N21O21S3/c1-37(85-107)65(3,4)75-22-25-87(26-23-76-66(5,6)38(2)86-108)24-21-70-49(89)18-17-48(88)69-19-11-10-15-41-58(101)81-44(29-54(95)96)61(104)82-45(33-109-36-52(92)77-41)62(105)79-40(16-12-20-71-64(67)68)56(99)74-31-51(91)78-43(28-53(93)94)60(103)84-47-35-111-110-34-46(57(100)73-30-50(90)72-32-55(97)98)83-59(102)42(80-63(47)106)27-39-13-8-7-9-14-39/h7-9,13-14,40-47,75-76,107-108H,10-12,15-36H2,1-6H3,(H,69,88)(H,70,89)(H,72,90)(H,73,100)(H,74,99)(H,77,92)(H,78,91)(H,79,105)(H,80,106)(H,81,101)(H,82,104)(H,83,102)(H,84,103)(H,93,94)(H,95,96)(H,97,98)(H4,67,68,71)/b85-37-,86-38-/t40-,41-,42-,43-,44-,45-,46-,47-/m0/s1. The van der Waals surface area contributed by atoms with Crippen molar-refractivity contribution in [3.8, 4) is 0 Å². The van der Waals surface area contributed by atoms with Crippen LogP contribution in [0, 0.1) is 5.41 Å². The van der Waals surface area contributed by atoms with Gasteiger partial charge >= 0.3 is 17.9 Å². The Labute approximate surface area is 652 Å². The van der Waals surface area contributed by atoms with E-state index >= 15 is 0 Å². The van der Waals surface area contributed by atoms with Gasteiger partial charge in [-0.3, -0.25) is 87.0 Å². The maximum atomic E-state index is 14.2. The average molecular weight is 1620 g/mol. The number of thioether (sulfide) groups is 1. The Balaban J connectivity index is 1.66. The summed E-state index contributed by atoms with van der Waals surface area (Å²) in [5.41, 5.74) is 5.77. The van der Waals surface area contributed by atoms with Crippen molar-refractivity contribution in [3.05, 3.63) is 35.9 Å². The number of nitrogens with zero attached hydrogens (tertiary/aromatic N) is 3. The first-order valence-electron chi connectivity index (χ1n) is 35.4. The molecule has 2 fully saturated rings. The molecule has 2 aliphatic heterocycles. The minimum absolute atomic E-state index is 0.00584. The summed E-state index contributed by atoms with van der Waals surface area (Å²) in [4.78, 5) is 213. The molecule has 13 amide bonds. The molecule has 1 aromatic rings. The Morgan fingerprint density at radius 1 is 0.568 bits per heavy atom. The molecule has 0 saturated carbocycles. The van der Waals surface area contributed by atoms with Gasteiger partial charge in [-0.15, -0.1) is 11.8 Å². The summed E-state index contributed by atoms with van der Waals surface area (Å²) in [6, 6.07) is -4.27. The number of nitrogens with one attached hydrogen (secondary N) is 17. The summed E-state index contributed by atoms with van der Waals surface area (Å²) in [5, 5.41) is 102. The summed E-state index contributed by atoms with van der Waals surface area (Å²) < 4.78 is 0. The van der Waals surface area contributed by atoms with E-state index in [1.165, 1.54) is 0 Å². The number of unbranched alkanes of at least 4 members (excludes halogenated alkanes) is 1. The lowest BCUT2D eigenvalue weighted by molar-refractivity contribution is -0.141. The third kappa shape index (κ3) is 38.4. The van der Waals surface area contributed by atoms with Crippen LogP contribution in [0.25, 0.3) is 0 Å². The lowest BCUT2D eigenvalue weighted by Crippen LogP contribution is -2.60. The molecule has 618 valence electrons. The van der Waals surface area contributed by atoms with Crippen molar-refractivity contribution in [2.24, 2.45) is 16.0 Å². The molecule has 0 spiro atoms. The fraction of sp³-hybridized carbons (Fsp3) is 0.621. The number of nitrogens with two attached hydrogens (primary N) is 1. The van der Waals surface area contributed by atoms with Gasteiger partial charge in [-0.1, -0.05) is 62.2 Å². The average Bonchev–Trinajstić information content (AvgIpc) is 1.83. The van der Waals surface area contributed by atoms with E-state index in [0.29, 0.717) is 49.7 Å². The number of hydrogen-bond acceptors (Lipinski definition) is 27.